The van der Waals surface area contributed by atoms with Gasteiger partial charge in [-0.15, -0.1) is 0 Å². The first-order valence-corrected chi connectivity index (χ1v) is 7.47. The van der Waals surface area contributed by atoms with Gasteiger partial charge in [-0.1, -0.05) is 0 Å². The van der Waals surface area contributed by atoms with E-state index in [9.17, 15) is 4.79 Å². The Hall–Kier alpha value is -0.991. The van der Waals surface area contributed by atoms with E-state index in [1.165, 1.54) is 0 Å². The molecule has 88 valence electrons. The van der Waals surface area contributed by atoms with Crippen molar-refractivity contribution in [1.29, 1.82) is 0 Å². The molecule has 4 heteroatoms. The van der Waals surface area contributed by atoms with Crippen LogP contribution in [0.2, 0.25) is 5.82 Å². The molecule has 0 saturated carbocycles. The molecule has 1 rings (SSSR count). The Balaban J connectivity index is 3.20. The molecule has 3 nitrogen and oxygen atoms in total. The van der Waals surface area contributed by atoms with Gasteiger partial charge in [0.05, 0.1) is 0 Å². The zero-order valence-corrected chi connectivity index (χ0v) is 11.7. The first-order valence-electron chi connectivity index (χ1n) is 4.90. The van der Waals surface area contributed by atoms with E-state index in [2.05, 4.69) is 5.82 Å². The van der Waals surface area contributed by atoms with Crippen molar-refractivity contribution in [1.82, 2.24) is 0 Å². The molecule has 0 aromatic heterocycles. The number of hydrogen-bond acceptors (Lipinski definition) is 3. The van der Waals surface area contributed by atoms with Crippen molar-refractivity contribution in [2.45, 2.75) is 19.2 Å². The van der Waals surface area contributed by atoms with Crippen LogP contribution in [0.4, 0.5) is 0 Å². The minimum absolute atomic E-state index is 0.154. The molecule has 0 atom stereocenters. The van der Waals surface area contributed by atoms with Crippen molar-refractivity contribution in [3.05, 3.63) is 17.7 Å². The average molecular weight is 287 g/mol. The summed E-state index contributed by atoms with van der Waals surface area (Å²) in [5.41, 5.74) is 0.990. The van der Waals surface area contributed by atoms with E-state index >= 15 is 0 Å². The Morgan fingerprint density at radius 2 is 2.00 bits per heavy atom. The van der Waals surface area contributed by atoms with E-state index in [1.807, 2.05) is 12.1 Å². The van der Waals surface area contributed by atoms with E-state index in [-0.39, 0.29) is 5.78 Å². The molecule has 1 aromatic carbocycles. The van der Waals surface area contributed by atoms with Gasteiger partial charge in [0.2, 0.25) is 0 Å². The fraction of sp³-hybridized carbons (Fsp3) is 0.417. The second-order valence-electron chi connectivity index (χ2n) is 3.41. The third-order valence-corrected chi connectivity index (χ3v) is 3.74. The van der Waals surface area contributed by atoms with E-state index in [0.29, 0.717) is 27.1 Å². The fourth-order valence-corrected chi connectivity index (χ4v) is 2.86. The molecular formula is C12H16O3Se. The number of carbonyl (C=O) groups is 1. The number of rotatable bonds is 5. The molecule has 0 bridgehead atoms. The summed E-state index contributed by atoms with van der Waals surface area (Å²) in [4.78, 5) is 11.1. The van der Waals surface area contributed by atoms with Crippen LogP contribution < -0.4 is 13.9 Å². The van der Waals surface area contributed by atoms with E-state index in [0.717, 1.165) is 15.8 Å². The van der Waals surface area contributed by atoms with Gasteiger partial charge in [0, 0.05) is 0 Å². The molecule has 0 aliphatic rings. The number of methoxy groups -OCH3 is 2. The number of Topliss-reactive ketones (excluding diaryl/α,β-unsaturated/α-hetero) is 1. The van der Waals surface area contributed by atoms with Gasteiger partial charge in [0.1, 0.15) is 0 Å². The molecule has 0 aliphatic heterocycles. The van der Waals surface area contributed by atoms with Crippen molar-refractivity contribution in [3.63, 3.8) is 0 Å². The number of benzene rings is 1. The Bertz CT molecular complexity index is 363. The van der Waals surface area contributed by atoms with Gasteiger partial charge in [0.25, 0.3) is 0 Å². The van der Waals surface area contributed by atoms with Crippen molar-refractivity contribution < 1.29 is 14.3 Å². The van der Waals surface area contributed by atoms with Crippen LogP contribution in [0, 0.1) is 0 Å². The van der Waals surface area contributed by atoms with Crippen molar-refractivity contribution in [2.75, 3.05) is 14.2 Å². The van der Waals surface area contributed by atoms with Crippen molar-refractivity contribution >= 4 is 25.2 Å². The van der Waals surface area contributed by atoms with Gasteiger partial charge < -0.3 is 0 Å². The van der Waals surface area contributed by atoms with Crippen LogP contribution in [-0.2, 0) is 11.2 Å². The van der Waals surface area contributed by atoms with Crippen LogP contribution in [0.3, 0.4) is 0 Å². The Morgan fingerprint density at radius 1 is 1.31 bits per heavy atom. The van der Waals surface area contributed by atoms with Gasteiger partial charge in [-0.25, -0.2) is 0 Å². The average Bonchev–Trinajstić information content (AvgIpc) is 2.26. The maximum atomic E-state index is 11.1. The third-order valence-electron chi connectivity index (χ3n) is 2.18. The number of ether oxygens (including phenoxy) is 2. The first kappa shape index (κ1) is 13.1. The normalized spacial score (nSPS) is 10.0. The molecule has 0 radical (unpaired) electrons. The predicted molar refractivity (Wildman–Crippen MR) is 65.2 cm³/mol. The second-order valence-corrected chi connectivity index (χ2v) is 5.19. The van der Waals surface area contributed by atoms with Crippen molar-refractivity contribution in [2.24, 2.45) is 0 Å². The van der Waals surface area contributed by atoms with Crippen LogP contribution in [0.1, 0.15) is 12.5 Å². The van der Waals surface area contributed by atoms with Gasteiger partial charge in [-0.05, 0) is 0 Å². The number of hydrogen-bond donors (Lipinski definition) is 0. The molecule has 0 aliphatic carbocycles. The van der Waals surface area contributed by atoms with Crippen LogP contribution in [0.25, 0.3) is 0 Å². The predicted octanol–water partition coefficient (Wildman–Crippen LogP) is 1.21. The fourth-order valence-electron chi connectivity index (χ4n) is 1.52. The van der Waals surface area contributed by atoms with Gasteiger partial charge >= 0.3 is 102 Å². The Morgan fingerprint density at radius 3 is 2.44 bits per heavy atom. The quantitative estimate of drug-likeness (QED) is 0.764. The topological polar surface area (TPSA) is 35.5 Å². The summed E-state index contributed by atoms with van der Waals surface area (Å²) in [6, 6.07) is 3.90. The summed E-state index contributed by atoms with van der Waals surface area (Å²) in [6.45, 7) is 1.59. The monoisotopic (exact) mass is 288 g/mol. The van der Waals surface area contributed by atoms with Crippen LogP contribution in [0.5, 0.6) is 11.5 Å². The summed E-state index contributed by atoms with van der Waals surface area (Å²) >= 11 is 0.311. The van der Waals surface area contributed by atoms with E-state index in [4.69, 9.17) is 9.47 Å². The molecule has 0 fully saturated rings. The summed E-state index contributed by atoms with van der Waals surface area (Å²) in [5.74, 6) is 3.76. The van der Waals surface area contributed by atoms with Crippen LogP contribution in [-0.4, -0.2) is 35.0 Å². The van der Waals surface area contributed by atoms with Crippen molar-refractivity contribution in [3.8, 4) is 11.5 Å². The molecule has 0 amide bonds. The van der Waals surface area contributed by atoms with Crippen LogP contribution in [0.15, 0.2) is 12.1 Å². The minimum atomic E-state index is 0.154. The molecule has 0 saturated heterocycles. The van der Waals surface area contributed by atoms with Gasteiger partial charge in [0.15, 0.2) is 0 Å². The summed E-state index contributed by atoms with van der Waals surface area (Å²) in [6.07, 6.45) is 0.448. The van der Waals surface area contributed by atoms with E-state index < -0.39 is 0 Å². The van der Waals surface area contributed by atoms with Crippen LogP contribution >= 0.6 is 0 Å². The number of ketones is 1. The van der Waals surface area contributed by atoms with E-state index in [1.54, 1.807) is 21.1 Å². The third kappa shape index (κ3) is 3.00. The zero-order chi connectivity index (χ0) is 12.1. The first-order chi connectivity index (χ1) is 7.62. The Kier molecular flexibility index (Phi) is 4.84. The molecule has 1 aromatic rings. The number of carbonyl (C=O) groups excluding carboxylic acids is 1. The molecule has 0 spiro atoms. The SMILES string of the molecule is COc1cc(CC(C)=O)cc([Se]C)c1OC. The molecule has 0 heterocycles. The zero-order valence-electron chi connectivity index (χ0n) is 9.99. The molecule has 0 unspecified atom stereocenters. The van der Waals surface area contributed by atoms with Gasteiger partial charge in [-0.2, -0.15) is 0 Å². The van der Waals surface area contributed by atoms with Gasteiger partial charge in [-0.3, -0.25) is 0 Å². The molecule has 16 heavy (non-hydrogen) atoms. The summed E-state index contributed by atoms with van der Waals surface area (Å²) < 4.78 is 11.7. The summed E-state index contributed by atoms with van der Waals surface area (Å²) in [7, 11) is 3.25. The second kappa shape index (κ2) is 5.92. The summed E-state index contributed by atoms with van der Waals surface area (Å²) in [5, 5.41) is 0. The molecular weight excluding hydrogens is 271 g/mol. The maximum absolute atomic E-state index is 11.1. The molecule has 0 N–H and O–H groups in total. The Labute approximate surface area is 102 Å². The standard InChI is InChI=1S/C12H16O3Se/c1-8(13)5-9-6-10(14-2)12(15-3)11(7-9)16-4/h6-7H,5H2,1-4H3.